The number of benzene rings is 2. The molecule has 35 heavy (non-hydrogen) atoms. The smallest absolute Gasteiger partial charge is 0.276 e. The van der Waals surface area contributed by atoms with Crippen molar-refractivity contribution in [3.8, 4) is 5.75 Å². The second-order valence-corrected chi connectivity index (χ2v) is 8.55. The predicted octanol–water partition coefficient (Wildman–Crippen LogP) is 3.36. The van der Waals surface area contributed by atoms with E-state index in [0.29, 0.717) is 24.1 Å². The van der Waals surface area contributed by atoms with Gasteiger partial charge in [-0.2, -0.15) is 4.98 Å². The molecule has 4 N–H and O–H groups in total. The number of nitrogens with zero attached hydrogens (tertiary/aromatic N) is 4. The van der Waals surface area contributed by atoms with Crippen molar-refractivity contribution in [3.05, 3.63) is 65.3 Å². The summed E-state index contributed by atoms with van der Waals surface area (Å²) in [7, 11) is 2.15. The third-order valence-electron chi connectivity index (χ3n) is 5.65. The molecule has 2 aromatic carbocycles. The number of carbonyl (C=O) groups excluding carboxylic acids is 1. The maximum atomic E-state index is 11.9. The zero-order valence-electron chi connectivity index (χ0n) is 19.4. The fraction of sp³-hybridized carbons (Fsp3) is 0.292. The van der Waals surface area contributed by atoms with Crippen LogP contribution in [0.1, 0.15) is 10.4 Å². The second kappa shape index (κ2) is 11.8. The highest BCUT2D eigenvalue weighted by atomic mass is 35.5. The molecule has 0 radical (unpaired) electrons. The van der Waals surface area contributed by atoms with E-state index in [9.17, 15) is 4.79 Å². The minimum absolute atomic E-state index is 0.238. The first-order chi connectivity index (χ1) is 17.0. The summed E-state index contributed by atoms with van der Waals surface area (Å²) in [6.45, 7) is 5.87. The van der Waals surface area contributed by atoms with Gasteiger partial charge in [0.1, 0.15) is 17.4 Å². The lowest BCUT2D eigenvalue weighted by Crippen LogP contribution is -2.45. The van der Waals surface area contributed by atoms with E-state index in [1.807, 2.05) is 24.3 Å². The summed E-state index contributed by atoms with van der Waals surface area (Å²) in [5, 5.41) is 15.4. The number of hydrogen-bond acceptors (Lipinski definition) is 9. The minimum Gasteiger partial charge on any atom is -0.492 e. The number of likely N-dealkylation sites (N-methyl/N-ethyl adjacent to an activating group) is 1. The van der Waals surface area contributed by atoms with E-state index in [1.54, 1.807) is 29.7 Å². The highest BCUT2D eigenvalue weighted by Crippen LogP contribution is 2.27. The van der Waals surface area contributed by atoms with Crippen molar-refractivity contribution in [3.63, 3.8) is 0 Å². The van der Waals surface area contributed by atoms with E-state index in [1.165, 1.54) is 6.20 Å². The van der Waals surface area contributed by atoms with E-state index in [0.717, 1.165) is 44.2 Å². The standard InChI is InChI=1S/C24H28ClN7O3/c1-31-10-12-32(13-11-31)14-15-35-18-8-6-17(7-9-18)27-24-26-16-20(25)22(29-24)28-21-5-3-2-4-19(21)23(33)30-34/h2-9,16,34H,10-15H2,1H3,(H,30,33)(H2,26,27,28,29). The Morgan fingerprint density at radius 2 is 1.83 bits per heavy atom. The number of ether oxygens (including phenoxy) is 1. The normalized spacial score (nSPS) is 14.4. The highest BCUT2D eigenvalue weighted by Gasteiger charge is 2.14. The SMILES string of the molecule is CN1CCN(CCOc2ccc(Nc3ncc(Cl)c(Nc4ccccc4C(=O)NO)n3)cc2)CC1. The summed E-state index contributed by atoms with van der Waals surface area (Å²) in [6, 6.07) is 14.2. The molecule has 10 nitrogen and oxygen atoms in total. The molecule has 0 bridgehead atoms. The van der Waals surface area contributed by atoms with Gasteiger partial charge in [-0.1, -0.05) is 23.7 Å². The van der Waals surface area contributed by atoms with Gasteiger partial charge in [0.25, 0.3) is 5.91 Å². The Balaban J connectivity index is 1.35. The predicted molar refractivity (Wildman–Crippen MR) is 135 cm³/mol. The largest absolute Gasteiger partial charge is 0.492 e. The molecule has 184 valence electrons. The van der Waals surface area contributed by atoms with Crippen LogP contribution in [-0.4, -0.2) is 77.3 Å². The lowest BCUT2D eigenvalue weighted by atomic mass is 10.1. The number of hydrogen-bond donors (Lipinski definition) is 4. The molecule has 0 aliphatic carbocycles. The minimum atomic E-state index is -0.650. The summed E-state index contributed by atoms with van der Waals surface area (Å²) in [5.74, 6) is 0.779. The first-order valence-electron chi connectivity index (χ1n) is 11.3. The molecule has 4 rings (SSSR count). The zero-order chi connectivity index (χ0) is 24.6. The van der Waals surface area contributed by atoms with Crippen LogP contribution in [0.4, 0.5) is 23.1 Å². The Morgan fingerprint density at radius 3 is 2.57 bits per heavy atom. The van der Waals surface area contributed by atoms with Crippen LogP contribution in [0.3, 0.4) is 0 Å². The van der Waals surface area contributed by atoms with Crippen LogP contribution < -0.4 is 20.9 Å². The maximum Gasteiger partial charge on any atom is 0.276 e. The molecule has 0 saturated carbocycles. The Morgan fingerprint density at radius 1 is 1.09 bits per heavy atom. The van der Waals surface area contributed by atoms with E-state index in [-0.39, 0.29) is 10.6 Å². The van der Waals surface area contributed by atoms with E-state index >= 15 is 0 Å². The van der Waals surface area contributed by atoms with Crippen molar-refractivity contribution in [2.45, 2.75) is 0 Å². The van der Waals surface area contributed by atoms with Gasteiger partial charge >= 0.3 is 0 Å². The van der Waals surface area contributed by atoms with Gasteiger partial charge < -0.3 is 20.3 Å². The molecule has 0 unspecified atom stereocenters. The summed E-state index contributed by atoms with van der Waals surface area (Å²) in [6.07, 6.45) is 1.46. The molecule has 2 heterocycles. The van der Waals surface area contributed by atoms with Gasteiger partial charge in [-0.25, -0.2) is 10.5 Å². The first-order valence-corrected chi connectivity index (χ1v) is 11.6. The Bertz CT molecular complexity index is 1140. The number of halogens is 1. The van der Waals surface area contributed by atoms with Gasteiger partial charge in [-0.05, 0) is 43.4 Å². The van der Waals surface area contributed by atoms with Gasteiger partial charge in [0.2, 0.25) is 5.95 Å². The van der Waals surface area contributed by atoms with Crippen molar-refractivity contribution < 1.29 is 14.7 Å². The molecule has 1 aromatic heterocycles. The highest BCUT2D eigenvalue weighted by molar-refractivity contribution is 6.33. The third-order valence-corrected chi connectivity index (χ3v) is 5.93. The summed E-state index contributed by atoms with van der Waals surface area (Å²) in [5.41, 5.74) is 3.08. The first kappa shape index (κ1) is 24.7. The van der Waals surface area contributed by atoms with Crippen LogP contribution in [-0.2, 0) is 0 Å². The summed E-state index contributed by atoms with van der Waals surface area (Å²) >= 11 is 6.26. The van der Waals surface area contributed by atoms with Gasteiger partial charge in [-0.15, -0.1) is 0 Å². The van der Waals surface area contributed by atoms with Crippen molar-refractivity contribution >= 4 is 40.6 Å². The van der Waals surface area contributed by atoms with Crippen LogP contribution in [0.5, 0.6) is 5.75 Å². The lowest BCUT2D eigenvalue weighted by Gasteiger charge is -2.32. The topological polar surface area (TPSA) is 115 Å². The molecular formula is C24H28ClN7O3. The van der Waals surface area contributed by atoms with Gasteiger partial charge in [-0.3, -0.25) is 14.9 Å². The van der Waals surface area contributed by atoms with Crippen LogP contribution in [0.25, 0.3) is 0 Å². The molecule has 3 aromatic rings. The fourth-order valence-corrected chi connectivity index (χ4v) is 3.76. The zero-order valence-corrected chi connectivity index (χ0v) is 20.1. The molecule has 1 amide bonds. The van der Waals surface area contributed by atoms with E-state index in [2.05, 4.69) is 37.4 Å². The second-order valence-electron chi connectivity index (χ2n) is 8.14. The number of piperazine rings is 1. The van der Waals surface area contributed by atoms with E-state index < -0.39 is 5.91 Å². The average molecular weight is 498 g/mol. The van der Waals surface area contributed by atoms with Gasteiger partial charge in [0.05, 0.1) is 17.4 Å². The maximum absolute atomic E-state index is 11.9. The molecule has 1 aliphatic rings. The number of nitrogens with one attached hydrogen (secondary N) is 3. The number of para-hydroxylation sites is 1. The van der Waals surface area contributed by atoms with Crippen molar-refractivity contribution in [1.82, 2.24) is 25.2 Å². The van der Waals surface area contributed by atoms with Crippen LogP contribution in [0.15, 0.2) is 54.7 Å². The molecule has 11 heteroatoms. The van der Waals surface area contributed by atoms with Crippen molar-refractivity contribution in [2.75, 3.05) is 57.0 Å². The van der Waals surface area contributed by atoms with Crippen LogP contribution in [0.2, 0.25) is 5.02 Å². The number of carbonyl (C=O) groups is 1. The Labute approximate surface area is 208 Å². The molecule has 0 spiro atoms. The van der Waals surface area contributed by atoms with E-state index in [4.69, 9.17) is 21.5 Å². The summed E-state index contributed by atoms with van der Waals surface area (Å²) in [4.78, 5) is 25.3. The molecule has 1 aliphatic heterocycles. The fourth-order valence-electron chi connectivity index (χ4n) is 3.62. The molecule has 0 atom stereocenters. The molecule has 1 fully saturated rings. The lowest BCUT2D eigenvalue weighted by molar-refractivity contribution is 0.0707. The summed E-state index contributed by atoms with van der Waals surface area (Å²) < 4.78 is 5.89. The van der Waals surface area contributed by atoms with Crippen molar-refractivity contribution in [2.24, 2.45) is 0 Å². The molecular weight excluding hydrogens is 470 g/mol. The van der Waals surface area contributed by atoms with Crippen molar-refractivity contribution in [1.29, 1.82) is 0 Å². The molecule has 1 saturated heterocycles. The van der Waals surface area contributed by atoms with Gasteiger partial charge in [0.15, 0.2) is 5.82 Å². The third kappa shape index (κ3) is 6.80. The van der Waals surface area contributed by atoms with Crippen LogP contribution in [0, 0.1) is 0 Å². The number of anilines is 4. The van der Waals surface area contributed by atoms with Gasteiger partial charge in [0, 0.05) is 38.4 Å². The number of aromatic nitrogens is 2. The number of amides is 1. The average Bonchev–Trinajstić information content (AvgIpc) is 2.88. The number of rotatable bonds is 9. The van der Waals surface area contributed by atoms with Crippen LogP contribution >= 0.6 is 11.6 Å². The quantitative estimate of drug-likeness (QED) is 0.261. The Kier molecular flexibility index (Phi) is 8.32. The number of hydroxylamine groups is 1. The monoisotopic (exact) mass is 497 g/mol. The Hall–Kier alpha value is -3.44.